The summed E-state index contributed by atoms with van der Waals surface area (Å²) in [4.78, 5) is 45.5. The predicted molar refractivity (Wildman–Crippen MR) is 146 cm³/mol. The molecule has 0 radical (unpaired) electrons. The Kier molecular flexibility index (Phi) is 7.77. The molecule has 2 aromatic carbocycles. The number of benzene rings is 2. The summed E-state index contributed by atoms with van der Waals surface area (Å²) in [7, 11) is 0. The fourth-order valence-electron chi connectivity index (χ4n) is 5.54. The van der Waals surface area contributed by atoms with Gasteiger partial charge in [0.1, 0.15) is 0 Å². The number of anilines is 2. The lowest BCUT2D eigenvalue weighted by Gasteiger charge is -2.38. The fraction of sp³-hybridized carbons (Fsp3) is 0.500. The van der Waals surface area contributed by atoms with Gasteiger partial charge in [0, 0.05) is 56.6 Å². The number of amides is 3. The normalized spacial score (nSPS) is 18.9. The second-order valence-electron chi connectivity index (χ2n) is 10.5. The molecule has 0 bridgehead atoms. The smallest absolute Gasteiger partial charge is 0.256 e. The van der Waals surface area contributed by atoms with Crippen LogP contribution >= 0.6 is 0 Å². The molecular weight excluding hydrogens is 464 g/mol. The van der Waals surface area contributed by atoms with Crippen LogP contribution in [0.25, 0.3) is 0 Å². The highest BCUT2D eigenvalue weighted by Gasteiger charge is 2.32. The molecule has 37 heavy (non-hydrogen) atoms. The van der Waals surface area contributed by atoms with Gasteiger partial charge in [-0.1, -0.05) is 37.3 Å². The summed E-state index contributed by atoms with van der Waals surface area (Å²) in [6, 6.07) is 15.7. The molecule has 1 atom stereocenters. The lowest BCUT2D eigenvalue weighted by molar-refractivity contribution is -0.133. The first-order valence-corrected chi connectivity index (χ1v) is 13.9. The number of nitrogens with zero attached hydrogens (tertiary/aromatic N) is 3. The minimum absolute atomic E-state index is 0.0332. The molecule has 1 saturated carbocycles. The summed E-state index contributed by atoms with van der Waals surface area (Å²) in [6.07, 6.45) is 5.86. The van der Waals surface area contributed by atoms with Crippen LogP contribution in [0.1, 0.15) is 67.3 Å². The van der Waals surface area contributed by atoms with E-state index in [1.165, 1.54) is 0 Å². The standard InChI is InChI=1S/C30H38N4O3/c1-2-25(22-9-5-3-6-10-22)29(36)34-19-17-32(18-20-34)27-14-13-24(31-28(35)23-11-12-23)21-26(27)30(37)33-15-7-4-8-16-33/h3,5-6,9-10,13-14,21,23,25H,2,4,7-8,11-12,15-20H2,1H3,(H,31,35)/t25-/m1/s1. The number of piperazine rings is 1. The van der Waals surface area contributed by atoms with E-state index in [9.17, 15) is 14.4 Å². The maximum atomic E-state index is 13.6. The molecule has 3 aliphatic rings. The van der Waals surface area contributed by atoms with Gasteiger partial charge in [-0.05, 0) is 62.3 Å². The molecule has 7 nitrogen and oxygen atoms in total. The van der Waals surface area contributed by atoms with E-state index in [1.54, 1.807) is 0 Å². The lowest BCUT2D eigenvalue weighted by atomic mass is 9.94. The topological polar surface area (TPSA) is 73.0 Å². The van der Waals surface area contributed by atoms with Gasteiger partial charge in [-0.3, -0.25) is 14.4 Å². The number of likely N-dealkylation sites (tertiary alicyclic amines) is 1. The third-order valence-corrected chi connectivity index (χ3v) is 7.93. The molecule has 196 valence electrons. The molecule has 0 unspecified atom stereocenters. The first-order valence-electron chi connectivity index (χ1n) is 13.9. The molecule has 5 rings (SSSR count). The Morgan fingerprint density at radius 3 is 2.22 bits per heavy atom. The molecule has 0 spiro atoms. The zero-order valence-corrected chi connectivity index (χ0v) is 21.8. The Morgan fingerprint density at radius 1 is 0.865 bits per heavy atom. The molecule has 7 heteroatoms. The summed E-state index contributed by atoms with van der Waals surface area (Å²) in [5.74, 6) is 0.231. The minimum atomic E-state index is -0.127. The SMILES string of the molecule is CC[C@@H](C(=O)N1CCN(c2ccc(NC(=O)C3CC3)cc2C(=O)N2CCCCC2)CC1)c1ccccc1. The summed E-state index contributed by atoms with van der Waals surface area (Å²) in [5.41, 5.74) is 3.28. The summed E-state index contributed by atoms with van der Waals surface area (Å²) in [5, 5.41) is 3.01. The zero-order valence-electron chi connectivity index (χ0n) is 21.8. The number of hydrogen-bond acceptors (Lipinski definition) is 4. The summed E-state index contributed by atoms with van der Waals surface area (Å²) in [6.45, 7) is 6.21. The Bertz CT molecular complexity index is 1120. The van der Waals surface area contributed by atoms with Gasteiger partial charge in [0.15, 0.2) is 0 Å². The van der Waals surface area contributed by atoms with Crippen LogP contribution in [0.15, 0.2) is 48.5 Å². The molecular formula is C30H38N4O3. The molecule has 1 N–H and O–H groups in total. The number of carbonyl (C=O) groups is 3. The molecule has 1 aliphatic carbocycles. The van der Waals surface area contributed by atoms with Crippen LogP contribution in [0.4, 0.5) is 11.4 Å². The zero-order chi connectivity index (χ0) is 25.8. The maximum absolute atomic E-state index is 13.6. The Labute approximate surface area is 219 Å². The van der Waals surface area contributed by atoms with Crippen molar-refractivity contribution >= 4 is 29.1 Å². The van der Waals surface area contributed by atoms with Crippen molar-refractivity contribution in [1.82, 2.24) is 9.80 Å². The molecule has 2 aliphatic heterocycles. The number of carbonyl (C=O) groups excluding carboxylic acids is 3. The number of nitrogens with one attached hydrogen (secondary N) is 1. The monoisotopic (exact) mass is 502 g/mol. The minimum Gasteiger partial charge on any atom is -0.367 e. The first-order chi connectivity index (χ1) is 18.0. The molecule has 2 aromatic rings. The van der Waals surface area contributed by atoms with Crippen molar-refractivity contribution in [2.45, 2.75) is 51.4 Å². The van der Waals surface area contributed by atoms with Crippen molar-refractivity contribution in [2.24, 2.45) is 5.92 Å². The third-order valence-electron chi connectivity index (χ3n) is 7.93. The average Bonchev–Trinajstić information content (AvgIpc) is 3.80. The fourth-order valence-corrected chi connectivity index (χ4v) is 5.54. The molecule has 2 heterocycles. The van der Waals surface area contributed by atoms with Crippen molar-refractivity contribution < 1.29 is 14.4 Å². The van der Waals surface area contributed by atoms with E-state index in [2.05, 4.69) is 17.1 Å². The predicted octanol–water partition coefficient (Wildman–Crippen LogP) is 4.50. The van der Waals surface area contributed by atoms with Crippen LogP contribution in [0.2, 0.25) is 0 Å². The van der Waals surface area contributed by atoms with E-state index in [0.717, 1.165) is 62.9 Å². The van der Waals surface area contributed by atoms with Crippen molar-refractivity contribution in [3.05, 3.63) is 59.7 Å². The summed E-state index contributed by atoms with van der Waals surface area (Å²) >= 11 is 0. The van der Waals surface area contributed by atoms with Gasteiger partial charge in [-0.25, -0.2) is 0 Å². The molecule has 3 amide bonds. The van der Waals surface area contributed by atoms with E-state index in [1.807, 2.05) is 58.3 Å². The summed E-state index contributed by atoms with van der Waals surface area (Å²) < 4.78 is 0. The Hall–Kier alpha value is -3.35. The lowest BCUT2D eigenvalue weighted by Crippen LogP contribution is -2.50. The van der Waals surface area contributed by atoms with Crippen LogP contribution in [0.3, 0.4) is 0 Å². The second kappa shape index (κ2) is 11.4. The van der Waals surface area contributed by atoms with Crippen molar-refractivity contribution in [3.8, 4) is 0 Å². The van der Waals surface area contributed by atoms with E-state index in [-0.39, 0.29) is 29.6 Å². The quantitative estimate of drug-likeness (QED) is 0.605. The highest BCUT2D eigenvalue weighted by atomic mass is 16.2. The maximum Gasteiger partial charge on any atom is 0.256 e. The molecule has 3 fully saturated rings. The van der Waals surface area contributed by atoms with Gasteiger partial charge in [0.2, 0.25) is 11.8 Å². The van der Waals surface area contributed by atoms with Gasteiger partial charge in [0.05, 0.1) is 11.5 Å². The average molecular weight is 503 g/mol. The highest BCUT2D eigenvalue weighted by molar-refractivity contribution is 6.02. The number of piperidine rings is 1. The van der Waals surface area contributed by atoms with Crippen LogP contribution in [0.5, 0.6) is 0 Å². The van der Waals surface area contributed by atoms with Crippen LogP contribution in [0, 0.1) is 5.92 Å². The molecule has 0 aromatic heterocycles. The van der Waals surface area contributed by atoms with Crippen LogP contribution in [-0.2, 0) is 9.59 Å². The van der Waals surface area contributed by atoms with Gasteiger partial charge >= 0.3 is 0 Å². The van der Waals surface area contributed by atoms with Gasteiger partial charge in [0.25, 0.3) is 5.91 Å². The van der Waals surface area contributed by atoms with Gasteiger partial charge in [-0.15, -0.1) is 0 Å². The van der Waals surface area contributed by atoms with E-state index >= 15 is 0 Å². The van der Waals surface area contributed by atoms with Crippen LogP contribution in [-0.4, -0.2) is 66.8 Å². The Balaban J connectivity index is 1.32. The third kappa shape index (κ3) is 5.81. The van der Waals surface area contributed by atoms with Crippen molar-refractivity contribution in [2.75, 3.05) is 49.5 Å². The number of hydrogen-bond donors (Lipinski definition) is 1. The van der Waals surface area contributed by atoms with Crippen molar-refractivity contribution in [3.63, 3.8) is 0 Å². The van der Waals surface area contributed by atoms with Gasteiger partial charge in [-0.2, -0.15) is 0 Å². The second-order valence-corrected chi connectivity index (χ2v) is 10.5. The largest absolute Gasteiger partial charge is 0.367 e. The van der Waals surface area contributed by atoms with E-state index in [0.29, 0.717) is 37.4 Å². The van der Waals surface area contributed by atoms with Crippen LogP contribution < -0.4 is 10.2 Å². The van der Waals surface area contributed by atoms with Gasteiger partial charge < -0.3 is 20.0 Å². The molecule has 2 saturated heterocycles. The van der Waals surface area contributed by atoms with E-state index in [4.69, 9.17) is 0 Å². The van der Waals surface area contributed by atoms with E-state index < -0.39 is 0 Å². The highest BCUT2D eigenvalue weighted by Crippen LogP contribution is 2.32. The van der Waals surface area contributed by atoms with Crippen molar-refractivity contribution in [1.29, 1.82) is 0 Å². The first kappa shape index (κ1) is 25.3. The number of rotatable bonds is 7. The Morgan fingerprint density at radius 2 is 1.57 bits per heavy atom.